The van der Waals surface area contributed by atoms with Gasteiger partial charge in [-0.2, -0.15) is 0 Å². The number of carbonyl (C=O) groups is 1. The van der Waals surface area contributed by atoms with E-state index in [4.69, 9.17) is 5.11 Å². The van der Waals surface area contributed by atoms with Crippen LogP contribution in [0.1, 0.15) is 30.9 Å². The van der Waals surface area contributed by atoms with E-state index in [0.717, 1.165) is 0 Å². The van der Waals surface area contributed by atoms with Crippen LogP contribution in [0.4, 0.5) is 5.82 Å². The Labute approximate surface area is 107 Å². The third-order valence-corrected chi connectivity index (χ3v) is 2.48. The van der Waals surface area contributed by atoms with Gasteiger partial charge in [0.15, 0.2) is 0 Å². The van der Waals surface area contributed by atoms with Gasteiger partial charge in [-0.05, 0) is 26.3 Å². The molecule has 0 amide bonds. The maximum absolute atomic E-state index is 11.4. The zero-order valence-electron chi connectivity index (χ0n) is 11.0. The van der Waals surface area contributed by atoms with Crippen LogP contribution in [0.15, 0.2) is 12.3 Å². The van der Waals surface area contributed by atoms with Crippen LogP contribution in [0.3, 0.4) is 0 Å². The molecule has 0 aromatic carbocycles. The monoisotopic (exact) mass is 253 g/mol. The van der Waals surface area contributed by atoms with Crippen LogP contribution in [0.25, 0.3) is 0 Å². The van der Waals surface area contributed by atoms with Crippen molar-refractivity contribution < 1.29 is 14.6 Å². The Kier molecular flexibility index (Phi) is 5.51. The second kappa shape index (κ2) is 6.90. The van der Waals surface area contributed by atoms with E-state index in [2.05, 4.69) is 14.7 Å². The molecule has 0 radical (unpaired) electrons. The van der Waals surface area contributed by atoms with Crippen LogP contribution >= 0.6 is 0 Å². The second-order valence-electron chi connectivity index (χ2n) is 4.09. The minimum absolute atomic E-state index is 0.0460. The van der Waals surface area contributed by atoms with E-state index in [0.29, 0.717) is 18.8 Å². The number of aromatic nitrogens is 2. The molecule has 0 spiro atoms. The molecule has 100 valence electrons. The zero-order chi connectivity index (χ0) is 13.5. The SMILES string of the molecule is COC(=O)c1nccc(N(CCCO)C(C)C)n1. The van der Waals surface area contributed by atoms with Crippen molar-refractivity contribution in [3.8, 4) is 0 Å². The van der Waals surface area contributed by atoms with Gasteiger partial charge < -0.3 is 14.7 Å². The average molecular weight is 253 g/mol. The Hall–Kier alpha value is -1.69. The summed E-state index contributed by atoms with van der Waals surface area (Å²) in [6.45, 7) is 4.85. The second-order valence-corrected chi connectivity index (χ2v) is 4.09. The molecular weight excluding hydrogens is 234 g/mol. The van der Waals surface area contributed by atoms with Gasteiger partial charge in [0.2, 0.25) is 5.82 Å². The number of ether oxygens (including phenoxy) is 1. The molecule has 0 aliphatic heterocycles. The number of methoxy groups -OCH3 is 1. The first-order valence-electron chi connectivity index (χ1n) is 5.89. The average Bonchev–Trinajstić information content (AvgIpc) is 2.38. The first kappa shape index (κ1) is 14.4. The molecule has 6 nitrogen and oxygen atoms in total. The molecule has 0 aliphatic rings. The molecule has 0 unspecified atom stereocenters. The van der Waals surface area contributed by atoms with Gasteiger partial charge in [0, 0.05) is 25.4 Å². The van der Waals surface area contributed by atoms with Crippen LogP contribution in [-0.2, 0) is 4.74 Å². The van der Waals surface area contributed by atoms with Crippen LogP contribution in [0.5, 0.6) is 0 Å². The van der Waals surface area contributed by atoms with E-state index in [9.17, 15) is 4.79 Å². The van der Waals surface area contributed by atoms with Crippen molar-refractivity contribution in [1.29, 1.82) is 0 Å². The first-order chi connectivity index (χ1) is 8.60. The van der Waals surface area contributed by atoms with E-state index >= 15 is 0 Å². The summed E-state index contributed by atoms with van der Waals surface area (Å²) in [6.07, 6.45) is 2.18. The lowest BCUT2D eigenvalue weighted by molar-refractivity contribution is 0.0586. The van der Waals surface area contributed by atoms with Gasteiger partial charge in [0.1, 0.15) is 5.82 Å². The van der Waals surface area contributed by atoms with Gasteiger partial charge in [0.05, 0.1) is 7.11 Å². The highest BCUT2D eigenvalue weighted by atomic mass is 16.5. The Morgan fingerprint density at radius 1 is 1.56 bits per heavy atom. The molecule has 0 atom stereocenters. The Bertz CT molecular complexity index is 396. The third kappa shape index (κ3) is 3.66. The summed E-state index contributed by atoms with van der Waals surface area (Å²) in [7, 11) is 1.30. The molecule has 1 rings (SSSR count). The maximum atomic E-state index is 11.4. The molecule has 1 aromatic rings. The van der Waals surface area contributed by atoms with Crippen LogP contribution in [-0.4, -0.2) is 47.3 Å². The van der Waals surface area contributed by atoms with Gasteiger partial charge in [-0.15, -0.1) is 0 Å². The van der Waals surface area contributed by atoms with E-state index in [1.807, 2.05) is 18.7 Å². The van der Waals surface area contributed by atoms with Crippen molar-refractivity contribution in [2.45, 2.75) is 26.3 Å². The summed E-state index contributed by atoms with van der Waals surface area (Å²) in [4.78, 5) is 21.4. The number of nitrogens with zero attached hydrogens (tertiary/aromatic N) is 3. The normalized spacial score (nSPS) is 10.5. The number of aliphatic hydroxyl groups is 1. The van der Waals surface area contributed by atoms with Gasteiger partial charge in [-0.3, -0.25) is 0 Å². The zero-order valence-corrected chi connectivity index (χ0v) is 11.0. The Balaban J connectivity index is 2.94. The maximum Gasteiger partial charge on any atom is 0.376 e. The number of aliphatic hydroxyl groups excluding tert-OH is 1. The number of anilines is 1. The Morgan fingerprint density at radius 2 is 2.28 bits per heavy atom. The minimum Gasteiger partial charge on any atom is -0.463 e. The molecule has 1 aromatic heterocycles. The smallest absolute Gasteiger partial charge is 0.376 e. The van der Waals surface area contributed by atoms with Crippen LogP contribution in [0.2, 0.25) is 0 Å². The summed E-state index contributed by atoms with van der Waals surface area (Å²) >= 11 is 0. The fraction of sp³-hybridized carbons (Fsp3) is 0.583. The molecule has 0 fully saturated rings. The number of carbonyl (C=O) groups excluding carboxylic acids is 1. The number of hydrogen-bond acceptors (Lipinski definition) is 6. The summed E-state index contributed by atoms with van der Waals surface area (Å²) in [5, 5.41) is 8.89. The fourth-order valence-electron chi connectivity index (χ4n) is 1.58. The lowest BCUT2D eigenvalue weighted by atomic mass is 10.3. The third-order valence-electron chi connectivity index (χ3n) is 2.48. The molecule has 0 aliphatic carbocycles. The van der Waals surface area contributed by atoms with Gasteiger partial charge in [-0.25, -0.2) is 14.8 Å². The lowest BCUT2D eigenvalue weighted by Crippen LogP contribution is -2.33. The highest BCUT2D eigenvalue weighted by Crippen LogP contribution is 2.14. The molecule has 1 heterocycles. The molecule has 0 saturated carbocycles. The van der Waals surface area contributed by atoms with Crippen molar-refractivity contribution in [2.75, 3.05) is 25.2 Å². The van der Waals surface area contributed by atoms with E-state index in [-0.39, 0.29) is 18.5 Å². The number of rotatable bonds is 6. The predicted octanol–water partition coefficient (Wildman–Crippen LogP) is 0.860. The molecule has 1 N–H and O–H groups in total. The highest BCUT2D eigenvalue weighted by molar-refractivity contribution is 5.85. The van der Waals surface area contributed by atoms with Crippen LogP contribution < -0.4 is 4.90 Å². The quantitative estimate of drug-likeness (QED) is 0.758. The van der Waals surface area contributed by atoms with E-state index in [1.54, 1.807) is 6.07 Å². The Morgan fingerprint density at radius 3 is 2.83 bits per heavy atom. The largest absolute Gasteiger partial charge is 0.463 e. The number of esters is 1. The summed E-state index contributed by atoms with van der Waals surface area (Å²) < 4.78 is 4.59. The van der Waals surface area contributed by atoms with Crippen molar-refractivity contribution in [2.24, 2.45) is 0 Å². The predicted molar refractivity (Wildman–Crippen MR) is 67.6 cm³/mol. The summed E-state index contributed by atoms with van der Waals surface area (Å²) in [5.74, 6) is 0.154. The van der Waals surface area contributed by atoms with Crippen LogP contribution in [0, 0.1) is 0 Å². The first-order valence-corrected chi connectivity index (χ1v) is 5.89. The van der Waals surface area contributed by atoms with E-state index < -0.39 is 5.97 Å². The molecule has 18 heavy (non-hydrogen) atoms. The molecule has 0 saturated heterocycles. The lowest BCUT2D eigenvalue weighted by Gasteiger charge is -2.27. The molecule has 6 heteroatoms. The van der Waals surface area contributed by atoms with Gasteiger partial charge >= 0.3 is 5.97 Å². The van der Waals surface area contributed by atoms with Crippen molar-refractivity contribution in [3.63, 3.8) is 0 Å². The fourth-order valence-corrected chi connectivity index (χ4v) is 1.58. The summed E-state index contributed by atoms with van der Waals surface area (Å²) in [5.41, 5.74) is 0. The summed E-state index contributed by atoms with van der Waals surface area (Å²) in [6, 6.07) is 1.96. The van der Waals surface area contributed by atoms with Gasteiger partial charge in [-0.1, -0.05) is 0 Å². The highest BCUT2D eigenvalue weighted by Gasteiger charge is 2.15. The minimum atomic E-state index is -0.553. The number of hydrogen-bond donors (Lipinski definition) is 1. The van der Waals surface area contributed by atoms with Crippen molar-refractivity contribution in [3.05, 3.63) is 18.1 Å². The standard InChI is InChI=1S/C12H19N3O3/c1-9(2)15(7-4-8-16)10-5-6-13-11(14-10)12(17)18-3/h5-6,9,16H,4,7-8H2,1-3H3. The van der Waals surface area contributed by atoms with Crippen molar-refractivity contribution in [1.82, 2.24) is 9.97 Å². The molecule has 0 bridgehead atoms. The van der Waals surface area contributed by atoms with Gasteiger partial charge in [0.25, 0.3) is 0 Å². The topological polar surface area (TPSA) is 75.5 Å². The molecular formula is C12H19N3O3. The van der Waals surface area contributed by atoms with Crippen molar-refractivity contribution >= 4 is 11.8 Å². The van der Waals surface area contributed by atoms with E-state index in [1.165, 1.54) is 13.3 Å².